The van der Waals surface area contributed by atoms with E-state index in [9.17, 15) is 14.7 Å². The summed E-state index contributed by atoms with van der Waals surface area (Å²) < 4.78 is 5.39. The van der Waals surface area contributed by atoms with Gasteiger partial charge in [-0.2, -0.15) is 0 Å². The van der Waals surface area contributed by atoms with Crippen LogP contribution < -0.4 is 10.6 Å². The Bertz CT molecular complexity index is 564. The van der Waals surface area contributed by atoms with Crippen LogP contribution in [0.4, 0.5) is 5.69 Å². The summed E-state index contributed by atoms with van der Waals surface area (Å²) >= 11 is 5.91. The number of aryl methyl sites for hydroxylation is 1. The fraction of sp³-hybridized carbons (Fsp3) is 0.529. The Hall–Kier alpha value is -1.63. The van der Waals surface area contributed by atoms with E-state index in [-0.39, 0.29) is 18.4 Å². The SMILES string of the molecule is Cc1ccc(Cl)cc1NC(=O)C[C@@H](NCCCOC(C)C)C(=O)O. The molecule has 0 unspecified atom stereocenters. The maximum atomic E-state index is 12.1. The number of ether oxygens (including phenoxy) is 1. The Labute approximate surface area is 147 Å². The van der Waals surface area contributed by atoms with E-state index in [2.05, 4.69) is 10.6 Å². The maximum Gasteiger partial charge on any atom is 0.321 e. The van der Waals surface area contributed by atoms with Crippen LogP contribution >= 0.6 is 11.6 Å². The van der Waals surface area contributed by atoms with Crippen LogP contribution in [0.3, 0.4) is 0 Å². The first-order valence-corrected chi connectivity index (χ1v) is 8.31. The third kappa shape index (κ3) is 7.77. The van der Waals surface area contributed by atoms with Crippen molar-refractivity contribution in [3.05, 3.63) is 28.8 Å². The van der Waals surface area contributed by atoms with Crippen LogP contribution in [0.1, 0.15) is 32.3 Å². The first-order valence-electron chi connectivity index (χ1n) is 7.93. The largest absolute Gasteiger partial charge is 0.480 e. The molecule has 1 rings (SSSR count). The number of halogens is 1. The summed E-state index contributed by atoms with van der Waals surface area (Å²) in [7, 11) is 0. The number of amides is 1. The molecule has 0 saturated heterocycles. The van der Waals surface area contributed by atoms with Crippen molar-refractivity contribution in [2.45, 2.75) is 45.8 Å². The summed E-state index contributed by atoms with van der Waals surface area (Å²) in [4.78, 5) is 23.4. The smallest absolute Gasteiger partial charge is 0.321 e. The van der Waals surface area contributed by atoms with Gasteiger partial charge in [0.25, 0.3) is 0 Å². The molecule has 1 aromatic rings. The predicted octanol–water partition coefficient (Wildman–Crippen LogP) is 2.83. The highest BCUT2D eigenvalue weighted by molar-refractivity contribution is 6.31. The van der Waals surface area contributed by atoms with Gasteiger partial charge in [0.05, 0.1) is 12.5 Å². The molecule has 0 aromatic heterocycles. The molecule has 6 nitrogen and oxygen atoms in total. The molecular weight excluding hydrogens is 332 g/mol. The number of nitrogens with one attached hydrogen (secondary N) is 2. The number of rotatable bonds is 10. The Morgan fingerprint density at radius 2 is 2.04 bits per heavy atom. The number of aliphatic carboxylic acids is 1. The van der Waals surface area contributed by atoms with Gasteiger partial charge in [0.1, 0.15) is 6.04 Å². The second-order valence-corrected chi connectivity index (χ2v) is 6.27. The molecule has 0 heterocycles. The van der Waals surface area contributed by atoms with E-state index in [1.54, 1.807) is 18.2 Å². The molecule has 0 spiro atoms. The monoisotopic (exact) mass is 356 g/mol. The van der Waals surface area contributed by atoms with Crippen LogP contribution in [0.2, 0.25) is 5.02 Å². The van der Waals surface area contributed by atoms with Gasteiger partial charge in [-0.05, 0) is 51.4 Å². The highest BCUT2D eigenvalue weighted by Gasteiger charge is 2.20. The number of carboxylic acid groups (broad SMARTS) is 1. The minimum Gasteiger partial charge on any atom is -0.480 e. The maximum absolute atomic E-state index is 12.1. The lowest BCUT2D eigenvalue weighted by Crippen LogP contribution is -2.40. The van der Waals surface area contributed by atoms with Gasteiger partial charge in [-0.3, -0.25) is 9.59 Å². The van der Waals surface area contributed by atoms with Crippen molar-refractivity contribution in [3.8, 4) is 0 Å². The number of hydrogen-bond acceptors (Lipinski definition) is 4. The molecule has 1 amide bonds. The van der Waals surface area contributed by atoms with Crippen molar-refractivity contribution in [2.24, 2.45) is 0 Å². The average Bonchev–Trinajstić information content (AvgIpc) is 2.49. The minimum atomic E-state index is -1.06. The molecule has 3 N–H and O–H groups in total. The molecular formula is C17H25ClN2O4. The van der Waals surface area contributed by atoms with Crippen LogP contribution in [0.25, 0.3) is 0 Å². The molecule has 0 aliphatic rings. The number of benzene rings is 1. The second-order valence-electron chi connectivity index (χ2n) is 5.83. The number of hydrogen-bond donors (Lipinski definition) is 3. The van der Waals surface area contributed by atoms with Crippen molar-refractivity contribution < 1.29 is 19.4 Å². The van der Waals surface area contributed by atoms with E-state index in [1.165, 1.54) is 0 Å². The van der Waals surface area contributed by atoms with Crippen molar-refractivity contribution in [3.63, 3.8) is 0 Å². The molecule has 24 heavy (non-hydrogen) atoms. The summed E-state index contributed by atoms with van der Waals surface area (Å²) in [6, 6.07) is 4.22. The topological polar surface area (TPSA) is 87.7 Å². The van der Waals surface area contributed by atoms with Gasteiger partial charge in [-0.25, -0.2) is 0 Å². The van der Waals surface area contributed by atoms with E-state index >= 15 is 0 Å². The molecule has 7 heteroatoms. The zero-order chi connectivity index (χ0) is 18.1. The molecule has 1 atom stereocenters. The molecule has 0 bridgehead atoms. The van der Waals surface area contributed by atoms with Crippen molar-refractivity contribution >= 4 is 29.2 Å². The van der Waals surface area contributed by atoms with Gasteiger partial charge in [-0.15, -0.1) is 0 Å². The lowest BCUT2D eigenvalue weighted by molar-refractivity contribution is -0.141. The Kier molecular flexibility index (Phi) is 8.74. The molecule has 0 aliphatic carbocycles. The van der Waals surface area contributed by atoms with E-state index < -0.39 is 12.0 Å². The number of carbonyl (C=O) groups is 2. The van der Waals surface area contributed by atoms with Crippen LogP contribution in [-0.2, 0) is 14.3 Å². The first-order chi connectivity index (χ1) is 11.3. The molecule has 0 saturated carbocycles. The Morgan fingerprint density at radius 1 is 1.33 bits per heavy atom. The first kappa shape index (κ1) is 20.4. The normalized spacial score (nSPS) is 12.2. The van der Waals surface area contributed by atoms with E-state index in [1.807, 2.05) is 20.8 Å². The van der Waals surface area contributed by atoms with Gasteiger partial charge in [0.15, 0.2) is 0 Å². The summed E-state index contributed by atoms with van der Waals surface area (Å²) in [5.74, 6) is -1.43. The third-order valence-corrected chi connectivity index (χ3v) is 3.56. The van der Waals surface area contributed by atoms with Crippen molar-refractivity contribution in [1.29, 1.82) is 0 Å². The van der Waals surface area contributed by atoms with Crippen molar-refractivity contribution in [1.82, 2.24) is 5.32 Å². The summed E-state index contributed by atoms with van der Waals surface area (Å²) in [6.07, 6.45) is 0.663. The lowest BCUT2D eigenvalue weighted by atomic mass is 10.1. The Morgan fingerprint density at radius 3 is 2.67 bits per heavy atom. The second kappa shape index (κ2) is 10.3. The van der Waals surface area contributed by atoms with Crippen molar-refractivity contribution in [2.75, 3.05) is 18.5 Å². The van der Waals surface area contributed by atoms with Gasteiger partial charge in [0.2, 0.25) is 5.91 Å². The summed E-state index contributed by atoms with van der Waals surface area (Å²) in [6.45, 7) is 6.73. The van der Waals surface area contributed by atoms with Gasteiger partial charge >= 0.3 is 5.97 Å². The zero-order valence-electron chi connectivity index (χ0n) is 14.3. The minimum absolute atomic E-state index is 0.145. The van der Waals surface area contributed by atoms with Gasteiger partial charge < -0.3 is 20.5 Å². The van der Waals surface area contributed by atoms with Crippen LogP contribution in [-0.4, -0.2) is 42.3 Å². The lowest BCUT2D eigenvalue weighted by Gasteiger charge is -2.15. The molecule has 0 aliphatic heterocycles. The quantitative estimate of drug-likeness (QED) is 0.561. The number of anilines is 1. The highest BCUT2D eigenvalue weighted by Crippen LogP contribution is 2.20. The average molecular weight is 357 g/mol. The molecule has 134 valence electrons. The van der Waals surface area contributed by atoms with E-state index in [4.69, 9.17) is 16.3 Å². The van der Waals surface area contributed by atoms with Crippen LogP contribution in [0.5, 0.6) is 0 Å². The van der Waals surface area contributed by atoms with Crippen LogP contribution in [0, 0.1) is 6.92 Å². The molecule has 1 aromatic carbocycles. The van der Waals surface area contributed by atoms with Gasteiger partial charge in [-0.1, -0.05) is 17.7 Å². The molecule has 0 fully saturated rings. The summed E-state index contributed by atoms with van der Waals surface area (Å²) in [5, 5.41) is 15.3. The number of carbonyl (C=O) groups excluding carboxylic acids is 1. The third-order valence-electron chi connectivity index (χ3n) is 3.32. The number of carboxylic acids is 1. The molecule has 0 radical (unpaired) electrons. The van der Waals surface area contributed by atoms with Crippen LogP contribution in [0.15, 0.2) is 18.2 Å². The van der Waals surface area contributed by atoms with E-state index in [0.29, 0.717) is 30.3 Å². The fourth-order valence-corrected chi connectivity index (χ4v) is 2.20. The Balaban J connectivity index is 2.48. The predicted molar refractivity (Wildman–Crippen MR) is 94.6 cm³/mol. The fourth-order valence-electron chi connectivity index (χ4n) is 2.03. The summed E-state index contributed by atoms with van der Waals surface area (Å²) in [5.41, 5.74) is 1.44. The van der Waals surface area contributed by atoms with E-state index in [0.717, 1.165) is 5.56 Å². The highest BCUT2D eigenvalue weighted by atomic mass is 35.5. The standard InChI is InChI=1S/C17H25ClN2O4/c1-11(2)24-8-4-7-19-15(17(22)23)10-16(21)20-14-9-13(18)6-5-12(14)3/h5-6,9,11,15,19H,4,7-8,10H2,1-3H3,(H,20,21)(H,22,23)/t15-/m1/s1. The zero-order valence-corrected chi connectivity index (χ0v) is 15.0. The van der Waals surface area contributed by atoms with Gasteiger partial charge in [0, 0.05) is 17.3 Å².